The van der Waals surface area contributed by atoms with Gasteiger partial charge < -0.3 is 19.9 Å². The summed E-state index contributed by atoms with van der Waals surface area (Å²) < 4.78 is 15.8. The fraction of sp³-hybridized carbons (Fsp3) is 0.500. The Morgan fingerprint density at radius 3 is 2.12 bits per heavy atom. The zero-order valence-electron chi connectivity index (χ0n) is 10.2. The van der Waals surface area contributed by atoms with Gasteiger partial charge in [0, 0.05) is 17.2 Å². The lowest BCUT2D eigenvalue weighted by molar-refractivity contribution is 0.346. The van der Waals surface area contributed by atoms with Crippen LogP contribution in [0.4, 0.5) is 0 Å². The summed E-state index contributed by atoms with van der Waals surface area (Å²) in [4.78, 5) is 0. The molecule has 1 saturated carbocycles. The van der Waals surface area contributed by atoms with Crippen molar-refractivity contribution in [1.29, 1.82) is 0 Å². The van der Waals surface area contributed by atoms with Crippen molar-refractivity contribution in [3.8, 4) is 17.2 Å². The van der Waals surface area contributed by atoms with E-state index in [1.54, 1.807) is 27.4 Å². The molecule has 0 atom stereocenters. The molecule has 2 rings (SSSR count). The maximum atomic E-state index is 6.34. The van der Waals surface area contributed by atoms with Crippen molar-refractivity contribution < 1.29 is 14.2 Å². The highest BCUT2D eigenvalue weighted by Gasteiger charge is 2.45. The summed E-state index contributed by atoms with van der Waals surface area (Å²) in [5.74, 6) is 1.69. The quantitative estimate of drug-likeness (QED) is 0.899. The molecule has 4 nitrogen and oxygen atoms in total. The largest absolute Gasteiger partial charge is 0.496 e. The normalized spacial score (nSPS) is 16.5. The van der Waals surface area contributed by atoms with Gasteiger partial charge in [0.1, 0.15) is 5.75 Å². The van der Waals surface area contributed by atoms with Crippen LogP contribution in [0.3, 0.4) is 0 Å². The molecule has 0 aliphatic heterocycles. The summed E-state index contributed by atoms with van der Waals surface area (Å²) in [6, 6.07) is 1.76. The zero-order chi connectivity index (χ0) is 12.6. The van der Waals surface area contributed by atoms with E-state index in [0.29, 0.717) is 22.3 Å². The van der Waals surface area contributed by atoms with Crippen LogP contribution < -0.4 is 19.9 Å². The molecule has 2 N–H and O–H groups in total. The van der Waals surface area contributed by atoms with Crippen LogP contribution in [0.1, 0.15) is 18.4 Å². The zero-order valence-corrected chi connectivity index (χ0v) is 10.9. The maximum absolute atomic E-state index is 6.34. The Balaban J connectivity index is 2.64. The average molecular weight is 258 g/mol. The smallest absolute Gasteiger partial charge is 0.180 e. The highest BCUT2D eigenvalue weighted by Crippen LogP contribution is 2.54. The number of methoxy groups -OCH3 is 3. The van der Waals surface area contributed by atoms with Crippen molar-refractivity contribution in [3.63, 3.8) is 0 Å². The molecule has 0 spiro atoms. The van der Waals surface area contributed by atoms with E-state index in [4.69, 9.17) is 31.5 Å². The topological polar surface area (TPSA) is 53.7 Å². The predicted molar refractivity (Wildman–Crippen MR) is 66.2 cm³/mol. The van der Waals surface area contributed by atoms with Crippen molar-refractivity contribution in [2.24, 2.45) is 5.73 Å². The first kappa shape index (κ1) is 12.3. The van der Waals surface area contributed by atoms with Gasteiger partial charge in [-0.05, 0) is 12.8 Å². The van der Waals surface area contributed by atoms with Crippen LogP contribution >= 0.6 is 11.6 Å². The SMILES string of the molecule is COc1cc(OC)c(C2(N)CC2)c(Cl)c1OC. The Hall–Kier alpha value is -1.13. The summed E-state index contributed by atoms with van der Waals surface area (Å²) in [5.41, 5.74) is 6.62. The fourth-order valence-electron chi connectivity index (χ4n) is 1.94. The van der Waals surface area contributed by atoms with E-state index in [2.05, 4.69) is 0 Å². The monoisotopic (exact) mass is 257 g/mol. The highest BCUT2D eigenvalue weighted by molar-refractivity contribution is 6.33. The van der Waals surface area contributed by atoms with E-state index < -0.39 is 0 Å². The number of halogens is 1. The third-order valence-corrected chi connectivity index (χ3v) is 3.44. The first-order valence-electron chi connectivity index (χ1n) is 5.35. The molecule has 1 aliphatic rings. The van der Waals surface area contributed by atoms with Gasteiger partial charge in [0.25, 0.3) is 0 Å². The number of hydrogen-bond acceptors (Lipinski definition) is 4. The minimum atomic E-state index is -0.387. The summed E-state index contributed by atoms with van der Waals surface area (Å²) in [5, 5.41) is 0.476. The molecule has 0 amide bonds. The molecule has 94 valence electrons. The molecule has 0 aromatic heterocycles. The van der Waals surface area contributed by atoms with Gasteiger partial charge in [-0.2, -0.15) is 0 Å². The standard InChI is InChI=1S/C12H16ClNO3/c1-15-7-6-8(16-2)11(17-3)10(13)9(7)12(14)4-5-12/h6H,4-5,14H2,1-3H3. The van der Waals surface area contributed by atoms with Crippen LogP contribution in [0.15, 0.2) is 6.07 Å². The minimum absolute atomic E-state index is 0.387. The van der Waals surface area contributed by atoms with E-state index in [9.17, 15) is 0 Å². The van der Waals surface area contributed by atoms with Gasteiger partial charge >= 0.3 is 0 Å². The molecule has 1 aliphatic carbocycles. The van der Waals surface area contributed by atoms with Crippen molar-refractivity contribution in [3.05, 3.63) is 16.7 Å². The predicted octanol–water partition coefficient (Wildman–Crippen LogP) is 2.31. The van der Waals surface area contributed by atoms with E-state index >= 15 is 0 Å². The lowest BCUT2D eigenvalue weighted by Crippen LogP contribution is -2.20. The fourth-order valence-corrected chi connectivity index (χ4v) is 2.39. The molecule has 0 bridgehead atoms. The summed E-state index contributed by atoms with van der Waals surface area (Å²) >= 11 is 6.34. The maximum Gasteiger partial charge on any atom is 0.180 e. The average Bonchev–Trinajstić information content (AvgIpc) is 3.06. The van der Waals surface area contributed by atoms with E-state index in [1.807, 2.05) is 0 Å². The Morgan fingerprint density at radius 1 is 1.12 bits per heavy atom. The molecule has 1 aromatic carbocycles. The van der Waals surface area contributed by atoms with Gasteiger partial charge in [0.2, 0.25) is 0 Å². The van der Waals surface area contributed by atoms with Crippen LogP contribution in [0.5, 0.6) is 17.2 Å². The van der Waals surface area contributed by atoms with Crippen LogP contribution in [-0.2, 0) is 5.54 Å². The van der Waals surface area contributed by atoms with Gasteiger partial charge in [-0.3, -0.25) is 0 Å². The van der Waals surface area contributed by atoms with Crippen molar-refractivity contribution in [2.45, 2.75) is 18.4 Å². The van der Waals surface area contributed by atoms with Gasteiger partial charge in [0.05, 0.1) is 26.4 Å². The number of benzene rings is 1. The number of rotatable bonds is 4. The van der Waals surface area contributed by atoms with Gasteiger partial charge in [-0.25, -0.2) is 0 Å². The second-order valence-corrected chi connectivity index (χ2v) is 4.54. The van der Waals surface area contributed by atoms with Gasteiger partial charge in [-0.15, -0.1) is 0 Å². The molecule has 1 aromatic rings. The summed E-state index contributed by atoms with van der Waals surface area (Å²) in [7, 11) is 4.70. The van der Waals surface area contributed by atoms with E-state index in [0.717, 1.165) is 18.4 Å². The Kier molecular flexibility index (Phi) is 3.10. The molecule has 0 saturated heterocycles. The number of ether oxygens (including phenoxy) is 3. The molecular formula is C12H16ClNO3. The number of nitrogens with two attached hydrogens (primary N) is 1. The van der Waals surface area contributed by atoms with E-state index in [-0.39, 0.29) is 5.54 Å². The molecular weight excluding hydrogens is 242 g/mol. The Morgan fingerprint density at radius 2 is 1.71 bits per heavy atom. The van der Waals surface area contributed by atoms with E-state index in [1.165, 1.54) is 0 Å². The van der Waals surface area contributed by atoms with Crippen LogP contribution in [-0.4, -0.2) is 21.3 Å². The third kappa shape index (κ3) is 1.91. The highest BCUT2D eigenvalue weighted by atomic mass is 35.5. The molecule has 0 unspecified atom stereocenters. The van der Waals surface area contributed by atoms with Gasteiger partial charge in [-0.1, -0.05) is 11.6 Å². The van der Waals surface area contributed by atoms with Crippen LogP contribution in [0, 0.1) is 0 Å². The van der Waals surface area contributed by atoms with Crippen LogP contribution in [0.25, 0.3) is 0 Å². The lowest BCUT2D eigenvalue weighted by Gasteiger charge is -2.20. The second-order valence-electron chi connectivity index (χ2n) is 4.16. The van der Waals surface area contributed by atoms with Crippen molar-refractivity contribution in [1.82, 2.24) is 0 Å². The lowest BCUT2D eigenvalue weighted by atomic mass is 10.0. The number of hydrogen-bond donors (Lipinski definition) is 1. The second kappa shape index (κ2) is 4.27. The first-order valence-corrected chi connectivity index (χ1v) is 5.73. The third-order valence-electron chi connectivity index (χ3n) is 3.08. The first-order chi connectivity index (χ1) is 8.07. The summed E-state index contributed by atoms with van der Waals surface area (Å²) in [6.07, 6.45) is 1.80. The van der Waals surface area contributed by atoms with Gasteiger partial charge in [0.15, 0.2) is 11.5 Å². The molecule has 1 fully saturated rings. The van der Waals surface area contributed by atoms with Crippen LogP contribution in [0.2, 0.25) is 5.02 Å². The minimum Gasteiger partial charge on any atom is -0.496 e. The molecule has 5 heteroatoms. The Labute approximate surface area is 106 Å². The van der Waals surface area contributed by atoms with Crippen molar-refractivity contribution >= 4 is 11.6 Å². The molecule has 17 heavy (non-hydrogen) atoms. The summed E-state index contributed by atoms with van der Waals surface area (Å²) in [6.45, 7) is 0. The molecule has 0 heterocycles. The van der Waals surface area contributed by atoms with Crippen molar-refractivity contribution in [2.75, 3.05) is 21.3 Å². The molecule has 0 radical (unpaired) electrons. The Bertz CT molecular complexity index is 444.